The van der Waals surface area contributed by atoms with Crippen LogP contribution in [0.5, 0.6) is 0 Å². The largest absolute Gasteiger partial charge is 0.355 e. The first-order valence-electron chi connectivity index (χ1n) is 6.85. The lowest BCUT2D eigenvalue weighted by molar-refractivity contribution is 0.755. The van der Waals surface area contributed by atoms with Crippen molar-refractivity contribution in [3.05, 3.63) is 24.3 Å². The summed E-state index contributed by atoms with van der Waals surface area (Å²) in [4.78, 5) is 0. The van der Waals surface area contributed by atoms with Crippen molar-refractivity contribution in [1.82, 2.24) is 24.5 Å². The summed E-state index contributed by atoms with van der Waals surface area (Å²) in [6, 6.07) is 8.16. The third-order valence-electron chi connectivity index (χ3n) is 3.37. The van der Waals surface area contributed by atoms with E-state index >= 15 is 0 Å². The number of anilines is 1. The average molecular weight is 270 g/mol. The van der Waals surface area contributed by atoms with Gasteiger partial charge in [-0.1, -0.05) is 18.2 Å². The minimum atomic E-state index is 0.791. The number of hydrogen-bond donors (Lipinski definition) is 1. The highest BCUT2D eigenvalue weighted by Gasteiger charge is 2.18. The third-order valence-corrected chi connectivity index (χ3v) is 3.37. The maximum Gasteiger partial charge on any atom is 0.224 e. The molecule has 0 aliphatic rings. The molecule has 0 aliphatic heterocycles. The number of benzene rings is 1. The summed E-state index contributed by atoms with van der Waals surface area (Å²) >= 11 is 0. The first-order valence-corrected chi connectivity index (χ1v) is 6.85. The van der Waals surface area contributed by atoms with E-state index in [9.17, 15) is 0 Å². The van der Waals surface area contributed by atoms with E-state index in [0.717, 1.165) is 41.5 Å². The number of para-hydroxylation sites is 1. The van der Waals surface area contributed by atoms with E-state index in [-0.39, 0.29) is 0 Å². The van der Waals surface area contributed by atoms with Crippen LogP contribution in [0.25, 0.3) is 22.4 Å². The van der Waals surface area contributed by atoms with E-state index in [1.165, 1.54) is 0 Å². The van der Waals surface area contributed by atoms with Crippen molar-refractivity contribution < 1.29 is 0 Å². The molecule has 20 heavy (non-hydrogen) atoms. The topological polar surface area (TPSA) is 60.6 Å². The van der Waals surface area contributed by atoms with E-state index in [1.807, 2.05) is 30.8 Å². The van der Waals surface area contributed by atoms with Gasteiger partial charge in [-0.25, -0.2) is 0 Å². The Bertz CT molecular complexity index is 739. The lowest BCUT2D eigenvalue weighted by Gasteiger charge is -2.06. The van der Waals surface area contributed by atoms with Crippen LogP contribution >= 0.6 is 0 Å². The van der Waals surface area contributed by atoms with Crippen LogP contribution in [0.15, 0.2) is 24.3 Å². The molecule has 3 rings (SSSR count). The Hall–Kier alpha value is -2.37. The minimum absolute atomic E-state index is 0.791. The predicted octanol–water partition coefficient (Wildman–Crippen LogP) is 2.28. The van der Waals surface area contributed by atoms with Gasteiger partial charge in [-0.2, -0.15) is 5.10 Å². The number of nitrogens with zero attached hydrogens (tertiary/aromatic N) is 5. The summed E-state index contributed by atoms with van der Waals surface area (Å²) in [5.74, 6) is 1.60. The van der Waals surface area contributed by atoms with Crippen LogP contribution in [0.4, 0.5) is 5.95 Å². The summed E-state index contributed by atoms with van der Waals surface area (Å²) in [6.45, 7) is 5.75. The average Bonchev–Trinajstić information content (AvgIpc) is 3.01. The molecular weight excluding hydrogens is 252 g/mol. The normalized spacial score (nSPS) is 11.2. The molecule has 6 heteroatoms. The van der Waals surface area contributed by atoms with Crippen molar-refractivity contribution >= 4 is 16.9 Å². The zero-order chi connectivity index (χ0) is 14.1. The summed E-state index contributed by atoms with van der Waals surface area (Å²) in [6.07, 6.45) is 0. The SMILES string of the molecule is CCNc1nnc(-c2nn(C)c3ccccc23)n1CC. The van der Waals surface area contributed by atoms with Gasteiger partial charge in [0.1, 0.15) is 5.69 Å². The number of fused-ring (bicyclic) bond motifs is 1. The lowest BCUT2D eigenvalue weighted by atomic mass is 10.2. The molecule has 0 atom stereocenters. The van der Waals surface area contributed by atoms with E-state index in [4.69, 9.17) is 0 Å². The van der Waals surface area contributed by atoms with Crippen LogP contribution in [0.1, 0.15) is 13.8 Å². The predicted molar refractivity (Wildman–Crippen MR) is 79.6 cm³/mol. The fourth-order valence-electron chi connectivity index (χ4n) is 2.45. The highest BCUT2D eigenvalue weighted by Crippen LogP contribution is 2.27. The first kappa shape index (κ1) is 12.7. The molecule has 0 spiro atoms. The highest BCUT2D eigenvalue weighted by atomic mass is 15.4. The Kier molecular flexibility index (Phi) is 3.14. The standard InChI is InChI=1S/C14H18N6/c1-4-15-14-17-16-13(20(14)5-2)12-10-8-6-7-9-11(10)19(3)18-12/h6-9H,4-5H2,1-3H3,(H,15,17). The number of hydrogen-bond acceptors (Lipinski definition) is 4. The van der Waals surface area contributed by atoms with E-state index < -0.39 is 0 Å². The van der Waals surface area contributed by atoms with Crippen molar-refractivity contribution in [2.75, 3.05) is 11.9 Å². The van der Waals surface area contributed by atoms with Crippen LogP contribution in [0.2, 0.25) is 0 Å². The summed E-state index contributed by atoms with van der Waals surface area (Å²) in [5.41, 5.74) is 1.97. The van der Waals surface area contributed by atoms with Crippen molar-refractivity contribution in [3.63, 3.8) is 0 Å². The Morgan fingerprint density at radius 1 is 1.15 bits per heavy atom. The molecule has 0 radical (unpaired) electrons. The summed E-state index contributed by atoms with van der Waals surface area (Å²) in [5, 5.41) is 17.5. The molecule has 0 saturated heterocycles. The zero-order valence-electron chi connectivity index (χ0n) is 12.0. The molecule has 0 saturated carbocycles. The Balaban J connectivity index is 2.21. The molecule has 2 aromatic heterocycles. The van der Waals surface area contributed by atoms with Gasteiger partial charge in [0.25, 0.3) is 0 Å². The maximum absolute atomic E-state index is 4.61. The second-order valence-corrected chi connectivity index (χ2v) is 4.61. The van der Waals surface area contributed by atoms with Crippen LogP contribution in [-0.2, 0) is 13.6 Å². The molecule has 2 heterocycles. The van der Waals surface area contributed by atoms with Crippen molar-refractivity contribution in [2.24, 2.45) is 7.05 Å². The van der Waals surface area contributed by atoms with Crippen LogP contribution < -0.4 is 5.32 Å². The molecule has 0 unspecified atom stereocenters. The van der Waals surface area contributed by atoms with Crippen molar-refractivity contribution in [3.8, 4) is 11.5 Å². The van der Waals surface area contributed by atoms with Crippen molar-refractivity contribution in [1.29, 1.82) is 0 Å². The summed E-state index contributed by atoms with van der Waals surface area (Å²) in [7, 11) is 1.95. The first-order chi connectivity index (χ1) is 9.76. The monoisotopic (exact) mass is 270 g/mol. The van der Waals surface area contributed by atoms with Gasteiger partial charge in [0.2, 0.25) is 5.95 Å². The van der Waals surface area contributed by atoms with E-state index in [1.54, 1.807) is 0 Å². The van der Waals surface area contributed by atoms with Gasteiger partial charge < -0.3 is 5.32 Å². The maximum atomic E-state index is 4.61. The van der Waals surface area contributed by atoms with Crippen LogP contribution in [0.3, 0.4) is 0 Å². The zero-order valence-corrected chi connectivity index (χ0v) is 12.0. The second kappa shape index (κ2) is 4.96. The number of aromatic nitrogens is 5. The summed E-state index contributed by atoms with van der Waals surface area (Å²) < 4.78 is 3.94. The lowest BCUT2D eigenvalue weighted by Crippen LogP contribution is -2.07. The fraction of sp³-hybridized carbons (Fsp3) is 0.357. The number of rotatable bonds is 4. The van der Waals surface area contributed by atoms with Crippen molar-refractivity contribution in [2.45, 2.75) is 20.4 Å². The van der Waals surface area contributed by atoms with Gasteiger partial charge in [0, 0.05) is 25.5 Å². The molecule has 104 valence electrons. The molecule has 3 aromatic rings. The Labute approximate surface area is 117 Å². The molecule has 6 nitrogen and oxygen atoms in total. The quantitative estimate of drug-likeness (QED) is 0.790. The third kappa shape index (κ3) is 1.84. The van der Waals surface area contributed by atoms with Gasteiger partial charge in [-0.15, -0.1) is 10.2 Å². The molecule has 0 bridgehead atoms. The second-order valence-electron chi connectivity index (χ2n) is 4.61. The number of nitrogens with one attached hydrogen (secondary N) is 1. The molecule has 1 aromatic carbocycles. The van der Waals surface area contributed by atoms with Gasteiger partial charge in [0.15, 0.2) is 5.82 Å². The van der Waals surface area contributed by atoms with Crippen LogP contribution in [0, 0.1) is 0 Å². The minimum Gasteiger partial charge on any atom is -0.355 e. The molecule has 1 N–H and O–H groups in total. The Morgan fingerprint density at radius 2 is 1.95 bits per heavy atom. The van der Waals surface area contributed by atoms with Crippen LogP contribution in [-0.4, -0.2) is 31.1 Å². The van der Waals surface area contributed by atoms with E-state index in [2.05, 4.69) is 44.2 Å². The molecule has 0 amide bonds. The number of aryl methyl sites for hydroxylation is 1. The van der Waals surface area contributed by atoms with E-state index in [0.29, 0.717) is 0 Å². The molecular formula is C14H18N6. The van der Waals surface area contributed by atoms with Gasteiger partial charge >= 0.3 is 0 Å². The van der Waals surface area contributed by atoms with Gasteiger partial charge in [-0.05, 0) is 19.9 Å². The van der Waals surface area contributed by atoms with Gasteiger partial charge in [-0.3, -0.25) is 9.25 Å². The Morgan fingerprint density at radius 3 is 2.70 bits per heavy atom. The smallest absolute Gasteiger partial charge is 0.224 e. The molecule has 0 fully saturated rings. The highest BCUT2D eigenvalue weighted by molar-refractivity contribution is 5.91. The molecule has 0 aliphatic carbocycles. The fourth-order valence-corrected chi connectivity index (χ4v) is 2.45. The van der Waals surface area contributed by atoms with Gasteiger partial charge in [0.05, 0.1) is 5.52 Å².